The minimum atomic E-state index is -1.03. The molecule has 1 aromatic heterocycles. The van der Waals surface area contributed by atoms with Crippen LogP contribution in [0.3, 0.4) is 0 Å². The zero-order valence-electron chi connectivity index (χ0n) is 13.9. The average molecular weight is 352 g/mol. The van der Waals surface area contributed by atoms with Gasteiger partial charge in [-0.25, -0.2) is 9.37 Å². The van der Waals surface area contributed by atoms with Gasteiger partial charge in [0.05, 0.1) is 17.3 Å². The molecule has 0 spiro atoms. The van der Waals surface area contributed by atoms with Crippen LogP contribution in [0, 0.1) is 5.82 Å². The highest BCUT2D eigenvalue weighted by molar-refractivity contribution is 7.09. The highest BCUT2D eigenvalue weighted by atomic mass is 32.1. The molecule has 1 unspecified atom stereocenters. The fourth-order valence-corrected chi connectivity index (χ4v) is 3.30. The van der Waals surface area contributed by atoms with Crippen LogP contribution in [0.1, 0.15) is 47.6 Å². The number of hydrogen-bond donors (Lipinski definition) is 2. The van der Waals surface area contributed by atoms with Crippen molar-refractivity contribution in [3.05, 3.63) is 51.2 Å². The van der Waals surface area contributed by atoms with Gasteiger partial charge in [-0.2, -0.15) is 0 Å². The van der Waals surface area contributed by atoms with Gasteiger partial charge in [0.25, 0.3) is 0 Å². The Labute approximate surface area is 144 Å². The number of aliphatic carboxylic acids is 1. The molecule has 130 valence electrons. The molecule has 0 saturated heterocycles. The number of thiazole rings is 1. The van der Waals surface area contributed by atoms with E-state index in [0.717, 1.165) is 10.7 Å². The van der Waals surface area contributed by atoms with E-state index >= 15 is 0 Å². The van der Waals surface area contributed by atoms with Gasteiger partial charge >= 0.3 is 5.97 Å². The summed E-state index contributed by atoms with van der Waals surface area (Å²) >= 11 is 1.56. The maximum absolute atomic E-state index is 13.5. The Hall–Kier alpha value is -1.83. The molecule has 2 rings (SSSR count). The van der Waals surface area contributed by atoms with Crippen molar-refractivity contribution < 1.29 is 19.4 Å². The number of likely N-dealkylation sites (N-methyl/N-ethyl adjacent to an activating group) is 1. The van der Waals surface area contributed by atoms with Crippen LogP contribution in [0.25, 0.3) is 0 Å². The van der Waals surface area contributed by atoms with Crippen LogP contribution in [0.4, 0.5) is 4.39 Å². The molecular formula is C17H21FN2O3S. The first-order chi connectivity index (χ1) is 11.3. The van der Waals surface area contributed by atoms with Gasteiger partial charge in [-0.3, -0.25) is 9.69 Å². The third kappa shape index (κ3) is 4.17. The predicted octanol–water partition coefficient (Wildman–Crippen LogP) is 3.16. The molecule has 0 aliphatic heterocycles. The van der Waals surface area contributed by atoms with Gasteiger partial charge in [0.2, 0.25) is 0 Å². The molecule has 0 fully saturated rings. The number of halogens is 1. The zero-order valence-corrected chi connectivity index (χ0v) is 14.7. The summed E-state index contributed by atoms with van der Waals surface area (Å²) in [6, 6.07) is 3.07. The second-order valence-corrected chi connectivity index (χ2v) is 6.89. The quantitative estimate of drug-likeness (QED) is 0.801. The SMILES string of the molecule is CC(C)c1nc(CN(C)C(C(=O)O)c2ccc(F)c(CO)c2)cs1. The minimum Gasteiger partial charge on any atom is -0.480 e. The average Bonchev–Trinajstić information content (AvgIpc) is 2.97. The fourth-order valence-electron chi connectivity index (χ4n) is 2.48. The molecule has 1 heterocycles. The lowest BCUT2D eigenvalue weighted by molar-refractivity contribution is -0.143. The molecular weight excluding hydrogens is 331 g/mol. The van der Waals surface area contributed by atoms with E-state index in [1.54, 1.807) is 23.3 Å². The molecule has 0 aliphatic carbocycles. The second kappa shape index (κ2) is 7.83. The van der Waals surface area contributed by atoms with Crippen molar-refractivity contribution in [1.29, 1.82) is 0 Å². The largest absolute Gasteiger partial charge is 0.480 e. The molecule has 0 bridgehead atoms. The summed E-state index contributed by atoms with van der Waals surface area (Å²) in [6.07, 6.45) is 0. The van der Waals surface area contributed by atoms with Crippen LogP contribution in [-0.2, 0) is 17.9 Å². The number of nitrogens with zero attached hydrogens (tertiary/aromatic N) is 2. The van der Waals surface area contributed by atoms with Crippen molar-refractivity contribution in [1.82, 2.24) is 9.88 Å². The topological polar surface area (TPSA) is 73.7 Å². The van der Waals surface area contributed by atoms with Gasteiger partial charge in [-0.05, 0) is 24.7 Å². The maximum Gasteiger partial charge on any atom is 0.325 e. The van der Waals surface area contributed by atoms with E-state index < -0.39 is 24.4 Å². The Morgan fingerprint density at radius 1 is 1.42 bits per heavy atom. The molecule has 5 nitrogen and oxygen atoms in total. The summed E-state index contributed by atoms with van der Waals surface area (Å²) in [7, 11) is 1.69. The summed E-state index contributed by atoms with van der Waals surface area (Å²) < 4.78 is 13.5. The lowest BCUT2D eigenvalue weighted by Crippen LogP contribution is -2.30. The first kappa shape index (κ1) is 18.5. The third-order valence-corrected chi connectivity index (χ3v) is 4.90. The molecule has 0 amide bonds. The summed E-state index contributed by atoms with van der Waals surface area (Å²) in [5.41, 5.74) is 1.32. The molecule has 1 aromatic carbocycles. The van der Waals surface area contributed by atoms with E-state index in [4.69, 9.17) is 0 Å². The number of aromatic nitrogens is 1. The van der Waals surface area contributed by atoms with Crippen LogP contribution in [0.15, 0.2) is 23.6 Å². The minimum absolute atomic E-state index is 0.0860. The molecule has 0 radical (unpaired) electrons. The molecule has 2 N–H and O–H groups in total. The number of aliphatic hydroxyl groups is 1. The Morgan fingerprint density at radius 3 is 2.67 bits per heavy atom. The number of carboxylic acids is 1. The summed E-state index contributed by atoms with van der Waals surface area (Å²) in [5.74, 6) is -1.25. The molecule has 7 heteroatoms. The molecule has 24 heavy (non-hydrogen) atoms. The normalized spacial score (nSPS) is 12.8. The third-order valence-electron chi connectivity index (χ3n) is 3.71. The summed E-state index contributed by atoms with van der Waals surface area (Å²) in [5, 5.41) is 21.7. The highest BCUT2D eigenvalue weighted by Crippen LogP contribution is 2.25. The summed E-state index contributed by atoms with van der Waals surface area (Å²) in [4.78, 5) is 17.9. The number of benzene rings is 1. The van der Waals surface area contributed by atoms with Crippen LogP contribution in [0.2, 0.25) is 0 Å². The Bertz CT molecular complexity index is 718. The van der Waals surface area contributed by atoms with Crippen molar-refractivity contribution in [3.8, 4) is 0 Å². The van der Waals surface area contributed by atoms with Gasteiger partial charge in [-0.15, -0.1) is 11.3 Å². The van der Waals surface area contributed by atoms with Crippen molar-refractivity contribution >= 4 is 17.3 Å². The van der Waals surface area contributed by atoms with E-state index in [0.29, 0.717) is 18.0 Å². The number of carboxylic acid groups (broad SMARTS) is 1. The van der Waals surface area contributed by atoms with Crippen LogP contribution >= 0.6 is 11.3 Å². The van der Waals surface area contributed by atoms with Gasteiger partial charge in [0, 0.05) is 23.4 Å². The van der Waals surface area contributed by atoms with Gasteiger partial charge in [0.15, 0.2) is 0 Å². The van der Waals surface area contributed by atoms with Crippen molar-refractivity contribution in [3.63, 3.8) is 0 Å². The molecule has 1 atom stereocenters. The second-order valence-electron chi connectivity index (χ2n) is 6.00. The zero-order chi connectivity index (χ0) is 17.9. The van der Waals surface area contributed by atoms with Crippen molar-refractivity contribution in [2.75, 3.05) is 7.05 Å². The van der Waals surface area contributed by atoms with E-state index in [1.165, 1.54) is 18.2 Å². The summed E-state index contributed by atoms with van der Waals surface area (Å²) in [6.45, 7) is 4.01. The van der Waals surface area contributed by atoms with Crippen LogP contribution < -0.4 is 0 Å². The van der Waals surface area contributed by atoms with E-state index in [-0.39, 0.29) is 5.56 Å². The monoisotopic (exact) mass is 352 g/mol. The number of carbonyl (C=O) groups is 1. The van der Waals surface area contributed by atoms with Crippen LogP contribution in [0.5, 0.6) is 0 Å². The number of rotatable bonds is 7. The first-order valence-corrected chi connectivity index (χ1v) is 8.48. The fraction of sp³-hybridized carbons (Fsp3) is 0.412. The predicted molar refractivity (Wildman–Crippen MR) is 90.4 cm³/mol. The lowest BCUT2D eigenvalue weighted by Gasteiger charge is -2.24. The van der Waals surface area contributed by atoms with Crippen LogP contribution in [-0.4, -0.2) is 33.1 Å². The lowest BCUT2D eigenvalue weighted by atomic mass is 10.0. The molecule has 0 aliphatic rings. The van der Waals surface area contributed by atoms with Crippen molar-refractivity contribution in [2.24, 2.45) is 0 Å². The molecule has 0 saturated carbocycles. The Kier molecular flexibility index (Phi) is 6.04. The van der Waals surface area contributed by atoms with Crippen molar-refractivity contribution in [2.45, 2.75) is 39.0 Å². The van der Waals surface area contributed by atoms with E-state index in [2.05, 4.69) is 18.8 Å². The van der Waals surface area contributed by atoms with E-state index in [9.17, 15) is 19.4 Å². The standard InChI is InChI=1S/C17H21FN2O3S/c1-10(2)16-19-13(9-24-16)7-20(3)15(17(22)23)11-4-5-14(18)12(6-11)8-21/h4-6,9-10,15,21H,7-8H2,1-3H3,(H,22,23). The Balaban J connectivity index is 2.24. The highest BCUT2D eigenvalue weighted by Gasteiger charge is 2.26. The Morgan fingerprint density at radius 2 is 2.12 bits per heavy atom. The van der Waals surface area contributed by atoms with Gasteiger partial charge in [-0.1, -0.05) is 19.9 Å². The maximum atomic E-state index is 13.5. The smallest absolute Gasteiger partial charge is 0.325 e. The van der Waals surface area contributed by atoms with E-state index in [1.807, 2.05) is 5.38 Å². The number of aliphatic hydroxyl groups excluding tert-OH is 1. The van der Waals surface area contributed by atoms with Gasteiger partial charge in [0.1, 0.15) is 11.9 Å². The first-order valence-electron chi connectivity index (χ1n) is 7.60. The molecule has 2 aromatic rings. The van der Waals surface area contributed by atoms with Gasteiger partial charge < -0.3 is 10.2 Å². The number of hydrogen-bond acceptors (Lipinski definition) is 5.